The Morgan fingerprint density at radius 1 is 1.11 bits per heavy atom. The highest BCUT2D eigenvalue weighted by molar-refractivity contribution is 6.48. The van der Waals surface area contributed by atoms with Crippen molar-refractivity contribution in [2.75, 3.05) is 0 Å². The molecule has 5 heteroatoms. The molecule has 0 saturated carbocycles. The molecule has 100 valence electrons. The van der Waals surface area contributed by atoms with Gasteiger partial charge in [0.2, 0.25) is 0 Å². The first-order valence-corrected chi connectivity index (χ1v) is 7.20. The molecular formula is C13H14Cl4O. The first-order chi connectivity index (χ1) is 8.34. The number of benzene rings is 1. The Hall–Kier alpha value is 0.0500. The Bertz CT molecular complexity index is 429. The number of Topliss-reactive ketones (excluding diaryl/α,β-unsaturated/α-hetero) is 1. The molecule has 1 aromatic carbocycles. The van der Waals surface area contributed by atoms with Crippen LogP contribution < -0.4 is 0 Å². The van der Waals surface area contributed by atoms with Crippen molar-refractivity contribution in [3.8, 4) is 0 Å². The van der Waals surface area contributed by atoms with Gasteiger partial charge in [-0.3, -0.25) is 4.79 Å². The fourth-order valence-corrected chi connectivity index (χ4v) is 2.61. The van der Waals surface area contributed by atoms with Crippen LogP contribution in [0.2, 0.25) is 20.1 Å². The molecule has 0 fully saturated rings. The average Bonchev–Trinajstić information content (AvgIpc) is 2.30. The summed E-state index contributed by atoms with van der Waals surface area (Å²) in [5, 5.41) is 1.61. The van der Waals surface area contributed by atoms with Crippen LogP contribution in [0.25, 0.3) is 0 Å². The van der Waals surface area contributed by atoms with Gasteiger partial charge in [-0.25, -0.2) is 0 Å². The monoisotopic (exact) mass is 326 g/mol. The number of hydrogen-bond donors (Lipinski definition) is 0. The number of carbonyl (C=O) groups is 1. The van der Waals surface area contributed by atoms with E-state index in [0.29, 0.717) is 44.9 Å². The molecule has 0 spiro atoms. The lowest BCUT2D eigenvalue weighted by molar-refractivity contribution is -0.121. The molecule has 0 aromatic heterocycles. The molecule has 0 heterocycles. The largest absolute Gasteiger partial charge is 0.299 e. The van der Waals surface area contributed by atoms with Crippen molar-refractivity contribution in [3.63, 3.8) is 0 Å². The van der Waals surface area contributed by atoms with Gasteiger partial charge in [0.25, 0.3) is 0 Å². The fraction of sp³-hybridized carbons (Fsp3) is 0.462. The summed E-state index contributed by atoms with van der Waals surface area (Å²) in [5.74, 6) is 0.286. The Morgan fingerprint density at radius 3 is 2.06 bits per heavy atom. The molecule has 0 aliphatic rings. The second-order valence-corrected chi connectivity index (χ2v) is 5.99. The first-order valence-electron chi connectivity index (χ1n) is 5.69. The van der Waals surface area contributed by atoms with Gasteiger partial charge in [-0.15, -0.1) is 0 Å². The van der Waals surface area contributed by atoms with Gasteiger partial charge < -0.3 is 0 Å². The number of carbonyl (C=O) groups excluding carboxylic acids is 1. The average molecular weight is 328 g/mol. The molecule has 0 bridgehead atoms. The number of ketones is 1. The standard InChI is InChI=1S/C13H14Cl4O/c1-7(2)11(18)5-3-4-8-12(16)9(14)6-10(15)13(8)17/h6-7H,3-5H2,1-2H3. The fourth-order valence-electron chi connectivity index (χ4n) is 1.57. The lowest BCUT2D eigenvalue weighted by atomic mass is 10.0. The van der Waals surface area contributed by atoms with Gasteiger partial charge in [-0.05, 0) is 24.5 Å². The zero-order chi connectivity index (χ0) is 13.9. The van der Waals surface area contributed by atoms with Gasteiger partial charge in [0.05, 0.1) is 20.1 Å². The Kier molecular flexibility index (Phi) is 6.26. The first kappa shape index (κ1) is 16.1. The van der Waals surface area contributed by atoms with Gasteiger partial charge >= 0.3 is 0 Å². The lowest BCUT2D eigenvalue weighted by Crippen LogP contribution is -2.07. The highest BCUT2D eigenvalue weighted by Gasteiger charge is 2.14. The minimum Gasteiger partial charge on any atom is -0.299 e. The maximum Gasteiger partial charge on any atom is 0.135 e. The van der Waals surface area contributed by atoms with Crippen molar-refractivity contribution < 1.29 is 4.79 Å². The van der Waals surface area contributed by atoms with Crippen LogP contribution in [0.15, 0.2) is 6.07 Å². The molecule has 1 aromatic rings. The number of halogens is 4. The van der Waals surface area contributed by atoms with E-state index in [1.54, 1.807) is 0 Å². The Labute approximate surface area is 127 Å². The van der Waals surface area contributed by atoms with Gasteiger partial charge in [-0.1, -0.05) is 60.3 Å². The van der Waals surface area contributed by atoms with Crippen LogP contribution in [-0.2, 0) is 11.2 Å². The van der Waals surface area contributed by atoms with E-state index in [0.717, 1.165) is 0 Å². The SMILES string of the molecule is CC(C)C(=O)CCCc1c(Cl)c(Cl)cc(Cl)c1Cl. The summed E-state index contributed by atoms with van der Waals surface area (Å²) in [7, 11) is 0. The highest BCUT2D eigenvalue weighted by atomic mass is 35.5. The van der Waals surface area contributed by atoms with Crippen molar-refractivity contribution in [1.82, 2.24) is 0 Å². The summed E-state index contributed by atoms with van der Waals surface area (Å²) in [6.45, 7) is 3.77. The van der Waals surface area contributed by atoms with Crippen molar-refractivity contribution in [2.24, 2.45) is 5.92 Å². The molecule has 1 rings (SSSR count). The molecule has 0 unspecified atom stereocenters. The third-order valence-corrected chi connectivity index (χ3v) is 4.35. The van der Waals surface area contributed by atoms with Crippen molar-refractivity contribution in [1.29, 1.82) is 0 Å². The number of hydrogen-bond acceptors (Lipinski definition) is 1. The summed E-state index contributed by atoms with van der Waals surface area (Å²) in [6, 6.07) is 1.52. The minimum absolute atomic E-state index is 0.0545. The summed E-state index contributed by atoms with van der Waals surface area (Å²) < 4.78 is 0. The van der Waals surface area contributed by atoms with Crippen LogP contribution in [0.1, 0.15) is 32.3 Å². The van der Waals surface area contributed by atoms with Crippen molar-refractivity contribution in [2.45, 2.75) is 33.1 Å². The van der Waals surface area contributed by atoms with Crippen LogP contribution in [0.5, 0.6) is 0 Å². The predicted molar refractivity (Wildman–Crippen MR) is 79.3 cm³/mol. The van der Waals surface area contributed by atoms with E-state index in [-0.39, 0.29) is 11.7 Å². The van der Waals surface area contributed by atoms with E-state index in [2.05, 4.69) is 0 Å². The molecule has 1 nitrogen and oxygen atoms in total. The van der Waals surface area contributed by atoms with Crippen LogP contribution >= 0.6 is 46.4 Å². The molecule has 0 aliphatic heterocycles. The molecule has 0 radical (unpaired) electrons. The van der Waals surface area contributed by atoms with Crippen LogP contribution in [0.4, 0.5) is 0 Å². The molecule has 0 atom stereocenters. The zero-order valence-corrected chi connectivity index (χ0v) is 13.2. The second kappa shape index (κ2) is 7.00. The van der Waals surface area contributed by atoms with E-state index in [1.165, 1.54) is 6.07 Å². The normalized spacial score (nSPS) is 11.1. The van der Waals surface area contributed by atoms with Gasteiger partial charge in [0, 0.05) is 12.3 Å². The van der Waals surface area contributed by atoms with E-state index in [1.807, 2.05) is 13.8 Å². The topological polar surface area (TPSA) is 17.1 Å². The quantitative estimate of drug-likeness (QED) is 0.620. The third kappa shape index (κ3) is 4.03. The van der Waals surface area contributed by atoms with Gasteiger partial charge in [0.1, 0.15) is 5.78 Å². The molecule has 0 saturated heterocycles. The van der Waals surface area contributed by atoms with Crippen LogP contribution in [0.3, 0.4) is 0 Å². The molecular weight excluding hydrogens is 314 g/mol. The summed E-state index contributed by atoms with van der Waals surface area (Å²) in [4.78, 5) is 11.5. The maximum absolute atomic E-state index is 11.5. The third-order valence-electron chi connectivity index (χ3n) is 2.70. The van der Waals surface area contributed by atoms with Crippen LogP contribution in [0, 0.1) is 5.92 Å². The van der Waals surface area contributed by atoms with Gasteiger partial charge in [-0.2, -0.15) is 0 Å². The van der Waals surface area contributed by atoms with E-state index >= 15 is 0 Å². The lowest BCUT2D eigenvalue weighted by Gasteiger charge is -2.10. The van der Waals surface area contributed by atoms with E-state index in [9.17, 15) is 4.79 Å². The molecule has 0 N–H and O–H groups in total. The Morgan fingerprint density at radius 2 is 1.61 bits per heavy atom. The summed E-state index contributed by atoms with van der Waals surface area (Å²) >= 11 is 24.1. The Balaban J connectivity index is 2.76. The second-order valence-electron chi connectivity index (χ2n) is 4.42. The zero-order valence-electron chi connectivity index (χ0n) is 10.2. The smallest absolute Gasteiger partial charge is 0.135 e. The van der Waals surface area contributed by atoms with E-state index < -0.39 is 0 Å². The van der Waals surface area contributed by atoms with Crippen molar-refractivity contribution in [3.05, 3.63) is 31.7 Å². The molecule has 0 amide bonds. The molecule has 18 heavy (non-hydrogen) atoms. The van der Waals surface area contributed by atoms with Crippen LogP contribution in [-0.4, -0.2) is 5.78 Å². The van der Waals surface area contributed by atoms with Gasteiger partial charge in [0.15, 0.2) is 0 Å². The summed E-state index contributed by atoms with van der Waals surface area (Å²) in [5.41, 5.74) is 0.715. The van der Waals surface area contributed by atoms with Crippen molar-refractivity contribution >= 4 is 52.2 Å². The maximum atomic E-state index is 11.5. The predicted octanol–water partition coefficient (Wildman–Crippen LogP) is 5.85. The minimum atomic E-state index is 0.0545. The highest BCUT2D eigenvalue weighted by Crippen LogP contribution is 2.37. The number of rotatable bonds is 5. The van der Waals surface area contributed by atoms with E-state index in [4.69, 9.17) is 46.4 Å². The summed E-state index contributed by atoms with van der Waals surface area (Å²) in [6.07, 6.45) is 1.79. The molecule has 0 aliphatic carbocycles.